The van der Waals surface area contributed by atoms with Crippen LogP contribution in [0.5, 0.6) is 34.5 Å². The van der Waals surface area contributed by atoms with Gasteiger partial charge >= 0.3 is 11.9 Å². The normalized spacial score (nSPS) is 17.8. The zero-order chi connectivity index (χ0) is 34.1. The van der Waals surface area contributed by atoms with Crippen LogP contribution in [0.3, 0.4) is 0 Å². The van der Waals surface area contributed by atoms with Gasteiger partial charge in [-0.2, -0.15) is 0 Å². The number of rotatable bonds is 7. The summed E-state index contributed by atoms with van der Waals surface area (Å²) in [7, 11) is 2.60. The average Bonchev–Trinajstić information content (AvgIpc) is 2.99. The van der Waals surface area contributed by atoms with Gasteiger partial charge in [0.2, 0.25) is 0 Å². The van der Waals surface area contributed by atoms with Gasteiger partial charge in [-0.25, -0.2) is 9.59 Å². The van der Waals surface area contributed by atoms with Crippen molar-refractivity contribution in [1.29, 1.82) is 0 Å². The molecule has 3 unspecified atom stereocenters. The summed E-state index contributed by atoms with van der Waals surface area (Å²) < 4.78 is 21.8. The maximum atomic E-state index is 13.0. The van der Waals surface area contributed by atoms with E-state index in [-0.39, 0.29) is 85.9 Å². The smallest absolute Gasteiger partial charge is 0.342 e. The van der Waals surface area contributed by atoms with Crippen molar-refractivity contribution in [1.82, 2.24) is 0 Å². The molecule has 0 spiro atoms. The Balaban J connectivity index is 1.58. The van der Waals surface area contributed by atoms with Crippen LogP contribution in [0.15, 0.2) is 24.3 Å². The Morgan fingerprint density at radius 3 is 1.68 bits per heavy atom. The molecule has 6 rings (SSSR count). The lowest BCUT2D eigenvalue weighted by atomic mass is 9.87. The molecule has 0 bridgehead atoms. The molecule has 0 saturated heterocycles. The number of carboxylic acid groups (broad SMARTS) is 1. The second-order valence-corrected chi connectivity index (χ2v) is 11.7. The standard InChI is InChI=1S/C34H30O13/c1-12(35)5-18-8-14-6-15-10-20(44-3)26(30(38)22(15)28(36)24(14)33(42)46-18)27-21(45-4)11-16-7-17-9-19(13(2)32(40)41)47-34(43)25(17)29(37)23(16)31(27)39/h6-7,10-11,13,18-19,36-39H,5,8-9H2,1-4H3,(H,40,41)/p-1. The number of carbonyl (C=O) groups is 4. The average molecular weight is 646 g/mol. The number of benzene rings is 4. The van der Waals surface area contributed by atoms with Crippen molar-refractivity contribution in [3.05, 3.63) is 46.5 Å². The predicted octanol–water partition coefficient (Wildman–Crippen LogP) is 3.03. The topological polar surface area (TPSA) is 209 Å². The van der Waals surface area contributed by atoms with Gasteiger partial charge in [0.15, 0.2) is 0 Å². The van der Waals surface area contributed by atoms with Crippen molar-refractivity contribution >= 4 is 45.2 Å². The summed E-state index contributed by atoms with van der Waals surface area (Å²) in [5.41, 5.74) is -0.140. The molecule has 13 nitrogen and oxygen atoms in total. The Hall–Kier alpha value is -5.72. The van der Waals surface area contributed by atoms with Crippen molar-refractivity contribution in [3.8, 4) is 45.6 Å². The van der Waals surface area contributed by atoms with E-state index in [0.29, 0.717) is 5.56 Å². The van der Waals surface area contributed by atoms with Crippen molar-refractivity contribution in [2.45, 2.75) is 45.3 Å². The number of aliphatic carboxylic acids is 1. The van der Waals surface area contributed by atoms with Gasteiger partial charge in [-0.15, -0.1) is 0 Å². The van der Waals surface area contributed by atoms with Crippen LogP contribution < -0.4 is 14.6 Å². The van der Waals surface area contributed by atoms with Gasteiger partial charge in [0.1, 0.15) is 63.6 Å². The largest absolute Gasteiger partial charge is 0.550 e. The molecule has 47 heavy (non-hydrogen) atoms. The molecule has 0 amide bonds. The molecule has 244 valence electrons. The predicted molar refractivity (Wildman–Crippen MR) is 162 cm³/mol. The Kier molecular flexibility index (Phi) is 7.49. The number of methoxy groups -OCH3 is 2. The summed E-state index contributed by atoms with van der Waals surface area (Å²) in [5.74, 6) is -7.09. The van der Waals surface area contributed by atoms with E-state index >= 15 is 0 Å². The molecular formula is C34H29O13-. The highest BCUT2D eigenvalue weighted by Gasteiger charge is 2.37. The molecule has 0 fully saturated rings. The van der Waals surface area contributed by atoms with E-state index in [1.54, 1.807) is 6.07 Å². The van der Waals surface area contributed by atoms with Crippen LogP contribution in [-0.2, 0) is 31.9 Å². The second kappa shape index (κ2) is 11.3. The number of Topliss-reactive ketones (excluding diaryl/α,β-unsaturated/α-hetero) is 1. The number of carbonyl (C=O) groups excluding carboxylic acids is 4. The van der Waals surface area contributed by atoms with Crippen LogP contribution in [0.1, 0.15) is 52.1 Å². The number of fused-ring (bicyclic) bond motifs is 4. The van der Waals surface area contributed by atoms with Crippen LogP contribution in [0.2, 0.25) is 0 Å². The summed E-state index contributed by atoms with van der Waals surface area (Å²) in [6, 6.07) is 5.96. The number of aromatic hydroxyl groups is 4. The van der Waals surface area contributed by atoms with Gasteiger partial charge in [-0.1, -0.05) is 6.92 Å². The van der Waals surface area contributed by atoms with Crippen LogP contribution in [0, 0.1) is 5.92 Å². The zero-order valence-corrected chi connectivity index (χ0v) is 25.6. The first-order valence-electron chi connectivity index (χ1n) is 14.6. The summed E-state index contributed by atoms with van der Waals surface area (Å²) in [4.78, 5) is 49.0. The fourth-order valence-corrected chi connectivity index (χ4v) is 6.53. The molecule has 0 radical (unpaired) electrons. The molecular weight excluding hydrogens is 616 g/mol. The molecule has 4 N–H and O–H groups in total. The lowest BCUT2D eigenvalue weighted by molar-refractivity contribution is -0.313. The van der Waals surface area contributed by atoms with E-state index in [2.05, 4.69) is 0 Å². The monoisotopic (exact) mass is 645 g/mol. The Bertz CT molecular complexity index is 2060. The van der Waals surface area contributed by atoms with Gasteiger partial charge < -0.3 is 49.3 Å². The highest BCUT2D eigenvalue weighted by Crippen LogP contribution is 2.56. The fraction of sp³-hybridized carbons (Fsp3) is 0.294. The van der Waals surface area contributed by atoms with E-state index in [9.17, 15) is 44.7 Å². The van der Waals surface area contributed by atoms with Crippen LogP contribution in [0.4, 0.5) is 0 Å². The molecule has 0 aromatic heterocycles. The molecule has 0 saturated carbocycles. The van der Waals surface area contributed by atoms with Gasteiger partial charge in [0.25, 0.3) is 0 Å². The number of hydrogen-bond donors (Lipinski definition) is 4. The minimum atomic E-state index is -1.41. The number of phenols is 4. The second-order valence-electron chi connectivity index (χ2n) is 11.7. The minimum Gasteiger partial charge on any atom is -0.550 e. The van der Waals surface area contributed by atoms with E-state index < -0.39 is 59.0 Å². The molecule has 2 aliphatic rings. The lowest BCUT2D eigenvalue weighted by Gasteiger charge is -2.30. The SMILES string of the molecule is COc1cc2cc3c(c(O)c2c(O)c1-c1c(OC)cc2cc4c(c(O)c2c1O)C(=O)OC(C(C)C(=O)[O-])C4)C(=O)OC(CC(C)=O)C3. The van der Waals surface area contributed by atoms with E-state index in [1.165, 1.54) is 46.3 Å². The third-order valence-corrected chi connectivity index (χ3v) is 8.78. The van der Waals surface area contributed by atoms with Crippen LogP contribution in [0.25, 0.3) is 32.7 Å². The van der Waals surface area contributed by atoms with Crippen molar-refractivity contribution < 1.29 is 63.7 Å². The number of phenolic OH excluding ortho intramolecular Hbond substituents is 4. The number of hydrogen-bond acceptors (Lipinski definition) is 13. The summed E-state index contributed by atoms with van der Waals surface area (Å²) in [6.07, 6.45) is -1.69. The molecule has 3 atom stereocenters. The highest BCUT2D eigenvalue weighted by atomic mass is 16.6. The van der Waals surface area contributed by atoms with E-state index in [0.717, 1.165) is 0 Å². The third-order valence-electron chi connectivity index (χ3n) is 8.78. The molecule has 13 heteroatoms. The maximum absolute atomic E-state index is 13.0. The summed E-state index contributed by atoms with van der Waals surface area (Å²) >= 11 is 0. The first-order chi connectivity index (χ1) is 22.3. The third kappa shape index (κ3) is 4.85. The maximum Gasteiger partial charge on any atom is 0.342 e. The van der Waals surface area contributed by atoms with Gasteiger partial charge in [-0.3, -0.25) is 4.79 Å². The van der Waals surface area contributed by atoms with Crippen molar-refractivity contribution in [2.75, 3.05) is 14.2 Å². The lowest BCUT2D eigenvalue weighted by Crippen LogP contribution is -2.42. The molecule has 4 aromatic rings. The fourth-order valence-electron chi connectivity index (χ4n) is 6.53. The van der Waals surface area contributed by atoms with Crippen molar-refractivity contribution in [3.63, 3.8) is 0 Å². The Morgan fingerprint density at radius 2 is 1.23 bits per heavy atom. The van der Waals surface area contributed by atoms with E-state index in [4.69, 9.17) is 18.9 Å². The molecule has 4 aromatic carbocycles. The first kappa shape index (κ1) is 31.3. The van der Waals surface area contributed by atoms with Crippen LogP contribution in [-0.4, -0.2) is 70.5 Å². The number of ketones is 1. The summed E-state index contributed by atoms with van der Waals surface area (Å²) in [6.45, 7) is 2.71. The van der Waals surface area contributed by atoms with Gasteiger partial charge in [0.05, 0.1) is 36.1 Å². The Labute approximate surface area is 266 Å². The zero-order valence-electron chi connectivity index (χ0n) is 25.6. The van der Waals surface area contributed by atoms with Crippen LogP contribution >= 0.6 is 0 Å². The summed E-state index contributed by atoms with van der Waals surface area (Å²) in [5, 5.41) is 57.6. The first-order valence-corrected chi connectivity index (χ1v) is 14.6. The molecule has 2 heterocycles. The number of ether oxygens (including phenoxy) is 4. The highest BCUT2D eigenvalue weighted by molar-refractivity contribution is 6.13. The van der Waals surface area contributed by atoms with Crippen molar-refractivity contribution in [2.24, 2.45) is 5.92 Å². The van der Waals surface area contributed by atoms with Gasteiger partial charge in [0, 0.05) is 31.1 Å². The Morgan fingerprint density at radius 1 is 0.787 bits per heavy atom. The van der Waals surface area contributed by atoms with E-state index in [1.807, 2.05) is 0 Å². The molecule has 2 aliphatic heterocycles. The number of cyclic esters (lactones) is 2. The quantitative estimate of drug-likeness (QED) is 0.213. The minimum absolute atomic E-state index is 0.00812. The number of esters is 2. The molecule has 0 aliphatic carbocycles. The number of carboxylic acids is 1. The van der Waals surface area contributed by atoms with Gasteiger partial charge in [-0.05, 0) is 53.1 Å².